The standard InChI is InChI=1S/C18H28N2O4/c1-5-7-11-24-15-9-8-14(12-16(15)23-4)18(22)20-13(3)17(21)19-10-6-2/h8-9,12-13H,5-7,10-11H2,1-4H3,(H,19,21)(H,20,22)/t13-/m0/s1. The van der Waals surface area contributed by atoms with Gasteiger partial charge in [0.05, 0.1) is 13.7 Å². The van der Waals surface area contributed by atoms with Gasteiger partial charge in [-0.05, 0) is 38.0 Å². The summed E-state index contributed by atoms with van der Waals surface area (Å²) in [6.45, 7) is 6.91. The molecule has 134 valence electrons. The largest absolute Gasteiger partial charge is 0.493 e. The van der Waals surface area contributed by atoms with Crippen LogP contribution in [0.2, 0.25) is 0 Å². The van der Waals surface area contributed by atoms with Gasteiger partial charge in [0, 0.05) is 12.1 Å². The number of rotatable bonds is 10. The van der Waals surface area contributed by atoms with Crippen LogP contribution in [-0.2, 0) is 4.79 Å². The maximum Gasteiger partial charge on any atom is 0.252 e. The number of nitrogens with one attached hydrogen (secondary N) is 2. The summed E-state index contributed by atoms with van der Waals surface area (Å²) in [6, 6.07) is 4.39. The molecule has 0 unspecified atom stereocenters. The predicted octanol–water partition coefficient (Wildman–Crippen LogP) is 2.52. The molecule has 0 saturated heterocycles. The zero-order valence-electron chi connectivity index (χ0n) is 15.0. The van der Waals surface area contributed by atoms with Crippen LogP contribution in [0, 0.1) is 0 Å². The van der Waals surface area contributed by atoms with Gasteiger partial charge in [0.1, 0.15) is 6.04 Å². The van der Waals surface area contributed by atoms with E-state index in [-0.39, 0.29) is 11.8 Å². The van der Waals surface area contributed by atoms with Crippen molar-refractivity contribution >= 4 is 11.8 Å². The summed E-state index contributed by atoms with van der Waals surface area (Å²) in [5.41, 5.74) is 0.421. The van der Waals surface area contributed by atoms with E-state index < -0.39 is 6.04 Å². The zero-order chi connectivity index (χ0) is 17.9. The first-order valence-electron chi connectivity index (χ1n) is 8.42. The molecule has 2 N–H and O–H groups in total. The Hall–Kier alpha value is -2.24. The van der Waals surface area contributed by atoms with Crippen molar-refractivity contribution in [1.29, 1.82) is 0 Å². The summed E-state index contributed by atoms with van der Waals surface area (Å²) in [5.74, 6) is 0.585. The number of amides is 2. The van der Waals surface area contributed by atoms with Gasteiger partial charge in [-0.15, -0.1) is 0 Å². The predicted molar refractivity (Wildman–Crippen MR) is 93.6 cm³/mol. The van der Waals surface area contributed by atoms with E-state index in [9.17, 15) is 9.59 Å². The monoisotopic (exact) mass is 336 g/mol. The van der Waals surface area contributed by atoms with Gasteiger partial charge in [-0.25, -0.2) is 0 Å². The minimum absolute atomic E-state index is 0.198. The van der Waals surface area contributed by atoms with Gasteiger partial charge in [0.2, 0.25) is 5.91 Å². The highest BCUT2D eigenvalue weighted by molar-refractivity contribution is 5.97. The molecule has 0 radical (unpaired) electrons. The third kappa shape index (κ3) is 6.10. The van der Waals surface area contributed by atoms with E-state index in [4.69, 9.17) is 9.47 Å². The lowest BCUT2D eigenvalue weighted by Crippen LogP contribution is -2.45. The molecule has 24 heavy (non-hydrogen) atoms. The van der Waals surface area contributed by atoms with Crippen LogP contribution < -0.4 is 20.1 Å². The van der Waals surface area contributed by atoms with Gasteiger partial charge in [0.15, 0.2) is 11.5 Å². The molecule has 1 aromatic carbocycles. The molecule has 0 aliphatic rings. The average Bonchev–Trinajstić information content (AvgIpc) is 2.59. The zero-order valence-corrected chi connectivity index (χ0v) is 15.0. The fourth-order valence-electron chi connectivity index (χ4n) is 2.00. The van der Waals surface area contributed by atoms with Crippen LogP contribution >= 0.6 is 0 Å². The topological polar surface area (TPSA) is 76.7 Å². The Bertz CT molecular complexity index is 546. The Morgan fingerprint density at radius 3 is 2.54 bits per heavy atom. The molecule has 0 aliphatic heterocycles. The van der Waals surface area contributed by atoms with Gasteiger partial charge in [-0.3, -0.25) is 9.59 Å². The van der Waals surface area contributed by atoms with E-state index in [1.54, 1.807) is 25.1 Å². The molecule has 0 bridgehead atoms. The molecule has 2 amide bonds. The average molecular weight is 336 g/mol. The molecule has 1 aromatic rings. The summed E-state index contributed by atoms with van der Waals surface area (Å²) in [6.07, 6.45) is 2.85. The SMILES string of the molecule is CCCCOc1ccc(C(=O)N[C@@H](C)C(=O)NCCC)cc1OC. The van der Waals surface area contributed by atoms with Crippen LogP contribution in [0.4, 0.5) is 0 Å². The highest BCUT2D eigenvalue weighted by atomic mass is 16.5. The minimum atomic E-state index is -0.601. The van der Waals surface area contributed by atoms with Crippen molar-refractivity contribution in [3.05, 3.63) is 23.8 Å². The van der Waals surface area contributed by atoms with E-state index >= 15 is 0 Å². The molecule has 0 fully saturated rings. The van der Waals surface area contributed by atoms with E-state index in [0.717, 1.165) is 19.3 Å². The Morgan fingerprint density at radius 2 is 1.92 bits per heavy atom. The van der Waals surface area contributed by atoms with Crippen molar-refractivity contribution in [3.63, 3.8) is 0 Å². The highest BCUT2D eigenvalue weighted by Gasteiger charge is 2.17. The fourth-order valence-corrected chi connectivity index (χ4v) is 2.00. The lowest BCUT2D eigenvalue weighted by molar-refractivity contribution is -0.122. The van der Waals surface area contributed by atoms with Crippen LogP contribution in [0.25, 0.3) is 0 Å². The Kier molecular flexibility index (Phi) is 8.68. The molecule has 1 atom stereocenters. The second-order valence-electron chi connectivity index (χ2n) is 5.55. The smallest absolute Gasteiger partial charge is 0.252 e. The lowest BCUT2D eigenvalue weighted by Gasteiger charge is -2.15. The molecule has 0 aromatic heterocycles. The summed E-state index contributed by atoms with van der Waals surface area (Å²) in [5, 5.41) is 5.43. The molecule has 0 saturated carbocycles. The number of methoxy groups -OCH3 is 1. The third-order valence-corrected chi connectivity index (χ3v) is 3.47. The van der Waals surface area contributed by atoms with Gasteiger partial charge in [-0.1, -0.05) is 20.3 Å². The lowest BCUT2D eigenvalue weighted by atomic mass is 10.1. The van der Waals surface area contributed by atoms with Gasteiger partial charge >= 0.3 is 0 Å². The van der Waals surface area contributed by atoms with Gasteiger partial charge in [-0.2, -0.15) is 0 Å². The number of ether oxygens (including phenoxy) is 2. The first kappa shape index (κ1) is 19.8. The van der Waals surface area contributed by atoms with Crippen LogP contribution in [-0.4, -0.2) is 38.1 Å². The summed E-state index contributed by atoms with van der Waals surface area (Å²) >= 11 is 0. The van der Waals surface area contributed by atoms with Crippen molar-refractivity contribution in [2.45, 2.75) is 46.1 Å². The summed E-state index contributed by atoms with van der Waals surface area (Å²) < 4.78 is 10.9. The number of carbonyl (C=O) groups excluding carboxylic acids is 2. The number of hydrogen-bond donors (Lipinski definition) is 2. The minimum Gasteiger partial charge on any atom is -0.493 e. The molecule has 0 heterocycles. The van der Waals surface area contributed by atoms with Crippen LogP contribution in [0.1, 0.15) is 50.4 Å². The quantitative estimate of drug-likeness (QED) is 0.644. The van der Waals surface area contributed by atoms with Crippen LogP contribution in [0.15, 0.2) is 18.2 Å². The Labute approximate surface area is 143 Å². The fraction of sp³-hybridized carbons (Fsp3) is 0.556. The van der Waals surface area contributed by atoms with Crippen molar-refractivity contribution in [2.24, 2.45) is 0 Å². The normalized spacial score (nSPS) is 11.5. The molecule has 1 rings (SSSR count). The van der Waals surface area contributed by atoms with Crippen molar-refractivity contribution < 1.29 is 19.1 Å². The third-order valence-electron chi connectivity index (χ3n) is 3.47. The Morgan fingerprint density at radius 1 is 1.17 bits per heavy atom. The van der Waals surface area contributed by atoms with E-state index in [0.29, 0.717) is 30.2 Å². The molecular formula is C18H28N2O4. The molecule has 6 nitrogen and oxygen atoms in total. The maximum atomic E-state index is 12.3. The summed E-state index contributed by atoms with van der Waals surface area (Å²) in [7, 11) is 1.53. The second-order valence-corrected chi connectivity index (χ2v) is 5.55. The van der Waals surface area contributed by atoms with Crippen molar-refractivity contribution in [2.75, 3.05) is 20.3 Å². The van der Waals surface area contributed by atoms with E-state index in [1.807, 2.05) is 6.92 Å². The van der Waals surface area contributed by atoms with Crippen molar-refractivity contribution in [1.82, 2.24) is 10.6 Å². The number of carbonyl (C=O) groups is 2. The summed E-state index contributed by atoms with van der Waals surface area (Å²) in [4.78, 5) is 24.1. The van der Waals surface area contributed by atoms with Crippen LogP contribution in [0.3, 0.4) is 0 Å². The van der Waals surface area contributed by atoms with Crippen molar-refractivity contribution in [3.8, 4) is 11.5 Å². The molecule has 6 heteroatoms. The number of benzene rings is 1. The number of hydrogen-bond acceptors (Lipinski definition) is 4. The second kappa shape index (κ2) is 10.5. The highest BCUT2D eigenvalue weighted by Crippen LogP contribution is 2.28. The van der Waals surface area contributed by atoms with Gasteiger partial charge in [0.25, 0.3) is 5.91 Å². The van der Waals surface area contributed by atoms with E-state index in [1.165, 1.54) is 7.11 Å². The molecule has 0 aliphatic carbocycles. The first-order valence-corrected chi connectivity index (χ1v) is 8.42. The maximum absolute atomic E-state index is 12.3. The number of unbranched alkanes of at least 4 members (excludes halogenated alkanes) is 1. The van der Waals surface area contributed by atoms with Gasteiger partial charge < -0.3 is 20.1 Å². The molecular weight excluding hydrogens is 308 g/mol. The Balaban J connectivity index is 2.71. The van der Waals surface area contributed by atoms with Crippen LogP contribution in [0.5, 0.6) is 11.5 Å². The van der Waals surface area contributed by atoms with E-state index in [2.05, 4.69) is 17.6 Å². The first-order chi connectivity index (χ1) is 11.5. The molecule has 0 spiro atoms.